The number of hydrogen-bond donors (Lipinski definition) is 0. The van der Waals surface area contributed by atoms with Crippen molar-refractivity contribution in [2.75, 3.05) is 0 Å². The third-order valence-electron chi connectivity index (χ3n) is 8.04. The second-order valence-electron chi connectivity index (χ2n) is 10.5. The van der Waals surface area contributed by atoms with Gasteiger partial charge in [-0.05, 0) is 63.5 Å². The highest BCUT2D eigenvalue weighted by Crippen LogP contribution is 2.40. The summed E-state index contributed by atoms with van der Waals surface area (Å²) in [4.78, 5) is 4.39. The van der Waals surface area contributed by atoms with Crippen molar-refractivity contribution in [1.82, 2.24) is 9.55 Å². The van der Waals surface area contributed by atoms with Crippen LogP contribution >= 0.6 is 0 Å². The lowest BCUT2D eigenvalue weighted by molar-refractivity contribution is 1.19. The van der Waals surface area contributed by atoms with Crippen LogP contribution < -0.4 is 0 Å². The molecule has 2 heteroatoms. The zero-order chi connectivity index (χ0) is 27.2. The molecule has 2 aromatic heterocycles. The number of fused-ring (bicyclic) bond motifs is 5. The fourth-order valence-electron chi connectivity index (χ4n) is 6.09. The molecule has 0 atom stereocenters. The summed E-state index contributed by atoms with van der Waals surface area (Å²) in [6.45, 7) is 0. The van der Waals surface area contributed by atoms with Gasteiger partial charge >= 0.3 is 0 Å². The van der Waals surface area contributed by atoms with Gasteiger partial charge in [-0.1, -0.05) is 115 Å². The third-order valence-corrected chi connectivity index (χ3v) is 8.04. The topological polar surface area (TPSA) is 17.8 Å². The largest absolute Gasteiger partial charge is 0.309 e. The highest BCUT2D eigenvalue weighted by Gasteiger charge is 2.17. The van der Waals surface area contributed by atoms with E-state index in [2.05, 4.69) is 149 Å². The molecule has 8 aromatic rings. The molecule has 0 aliphatic carbocycles. The van der Waals surface area contributed by atoms with Crippen molar-refractivity contribution >= 4 is 32.6 Å². The summed E-state index contributed by atoms with van der Waals surface area (Å²) < 4.78 is 2.46. The predicted octanol–water partition coefficient (Wildman–Crippen LogP) is 10.3. The van der Waals surface area contributed by atoms with Crippen molar-refractivity contribution in [3.8, 4) is 39.1 Å². The number of nitrogens with zero attached hydrogens (tertiary/aromatic N) is 2. The predicted molar refractivity (Wildman–Crippen MR) is 172 cm³/mol. The Hall–Kier alpha value is -5.47. The van der Waals surface area contributed by atoms with Crippen LogP contribution in [-0.2, 0) is 0 Å². The Morgan fingerprint density at radius 2 is 1.07 bits per heavy atom. The molecule has 0 amide bonds. The monoisotopic (exact) mass is 522 g/mol. The van der Waals surface area contributed by atoms with Crippen LogP contribution in [0.5, 0.6) is 0 Å². The summed E-state index contributed by atoms with van der Waals surface area (Å²) in [7, 11) is 0. The van der Waals surface area contributed by atoms with Crippen LogP contribution in [0, 0.1) is 0 Å². The van der Waals surface area contributed by atoms with E-state index in [4.69, 9.17) is 0 Å². The van der Waals surface area contributed by atoms with E-state index in [-0.39, 0.29) is 0 Å². The molecule has 0 spiro atoms. The van der Waals surface area contributed by atoms with Gasteiger partial charge in [-0.25, -0.2) is 0 Å². The van der Waals surface area contributed by atoms with Crippen LogP contribution in [0.15, 0.2) is 158 Å². The highest BCUT2D eigenvalue weighted by atomic mass is 15.0. The molecule has 0 saturated heterocycles. The van der Waals surface area contributed by atoms with Gasteiger partial charge in [0, 0.05) is 39.8 Å². The smallest absolute Gasteiger partial charge is 0.0619 e. The van der Waals surface area contributed by atoms with Crippen molar-refractivity contribution in [3.05, 3.63) is 158 Å². The maximum atomic E-state index is 4.39. The van der Waals surface area contributed by atoms with Crippen molar-refractivity contribution in [3.63, 3.8) is 0 Å². The van der Waals surface area contributed by atoms with Gasteiger partial charge in [0.1, 0.15) is 0 Å². The van der Waals surface area contributed by atoms with Crippen molar-refractivity contribution in [2.45, 2.75) is 0 Å². The van der Waals surface area contributed by atoms with Crippen LogP contribution in [0.4, 0.5) is 0 Å². The molecule has 8 rings (SSSR count). The quantitative estimate of drug-likeness (QED) is 0.225. The Morgan fingerprint density at radius 1 is 0.415 bits per heavy atom. The fraction of sp³-hybridized carbons (Fsp3) is 0. The maximum Gasteiger partial charge on any atom is 0.0619 e. The van der Waals surface area contributed by atoms with E-state index in [0.717, 1.165) is 16.8 Å². The molecule has 0 N–H and O–H groups in total. The number of aromatic nitrogens is 2. The van der Waals surface area contributed by atoms with Crippen LogP contribution in [-0.4, -0.2) is 9.55 Å². The Bertz CT molecular complexity index is 2120. The van der Waals surface area contributed by atoms with Gasteiger partial charge < -0.3 is 4.57 Å². The summed E-state index contributed by atoms with van der Waals surface area (Å²) >= 11 is 0. The molecular formula is C39H26N2. The second-order valence-corrected chi connectivity index (χ2v) is 10.5. The normalized spacial score (nSPS) is 11.4. The Kier molecular flexibility index (Phi) is 5.49. The first-order valence-electron chi connectivity index (χ1n) is 14.0. The zero-order valence-corrected chi connectivity index (χ0v) is 22.4. The molecule has 2 nitrogen and oxygen atoms in total. The number of pyridine rings is 1. The Balaban J connectivity index is 1.51. The third kappa shape index (κ3) is 4.00. The summed E-state index contributed by atoms with van der Waals surface area (Å²) in [5, 5.41) is 4.97. The molecule has 0 unspecified atom stereocenters. The van der Waals surface area contributed by atoms with Crippen LogP contribution in [0.1, 0.15) is 0 Å². The maximum absolute atomic E-state index is 4.39. The minimum atomic E-state index is 1.11. The van der Waals surface area contributed by atoms with Crippen molar-refractivity contribution in [1.29, 1.82) is 0 Å². The zero-order valence-electron chi connectivity index (χ0n) is 22.4. The van der Waals surface area contributed by atoms with Gasteiger partial charge in [0.2, 0.25) is 0 Å². The molecule has 2 heterocycles. The van der Waals surface area contributed by atoms with E-state index in [1.165, 1.54) is 54.8 Å². The van der Waals surface area contributed by atoms with Crippen molar-refractivity contribution in [2.24, 2.45) is 0 Å². The summed E-state index contributed by atoms with van der Waals surface area (Å²) in [5.74, 6) is 0. The minimum Gasteiger partial charge on any atom is -0.309 e. The first kappa shape index (κ1) is 23.4. The lowest BCUT2D eigenvalue weighted by Crippen LogP contribution is -1.97. The van der Waals surface area contributed by atoms with Gasteiger partial charge in [-0.2, -0.15) is 0 Å². The lowest BCUT2D eigenvalue weighted by Gasteiger charge is -2.15. The molecule has 0 aliphatic heterocycles. The SMILES string of the molecule is c1ccc(-c2cc(-c3ccccc3)cc(-n3c4cc(-c5cccnc5)ccc4c4ccc5ccccc5c43)c2)cc1. The molecule has 192 valence electrons. The van der Waals surface area contributed by atoms with Crippen LogP contribution in [0.3, 0.4) is 0 Å². The first-order chi connectivity index (χ1) is 20.3. The molecule has 0 radical (unpaired) electrons. The van der Waals surface area contributed by atoms with Crippen LogP contribution in [0.25, 0.3) is 71.6 Å². The molecule has 6 aromatic carbocycles. The average molecular weight is 523 g/mol. The first-order valence-corrected chi connectivity index (χ1v) is 14.0. The summed E-state index contributed by atoms with van der Waals surface area (Å²) in [6.07, 6.45) is 3.76. The Morgan fingerprint density at radius 3 is 1.78 bits per heavy atom. The van der Waals surface area contributed by atoms with Gasteiger partial charge in [-0.15, -0.1) is 0 Å². The van der Waals surface area contributed by atoms with Crippen LogP contribution in [0.2, 0.25) is 0 Å². The standard InChI is InChI=1S/C39H26N2/c1-3-10-27(11-4-1)32-22-33(28-12-5-2-6-13-28)24-34(23-32)41-38-25-30(31-15-9-21-40-26-31)18-19-36(38)37-20-17-29-14-7-8-16-35(29)39(37)41/h1-26H. The minimum absolute atomic E-state index is 1.11. The average Bonchev–Trinajstić information content (AvgIpc) is 3.40. The van der Waals surface area contributed by atoms with Gasteiger partial charge in [0.15, 0.2) is 0 Å². The molecule has 41 heavy (non-hydrogen) atoms. The molecular weight excluding hydrogens is 496 g/mol. The van der Waals surface area contributed by atoms with E-state index in [1.54, 1.807) is 0 Å². The van der Waals surface area contributed by atoms with E-state index >= 15 is 0 Å². The number of rotatable bonds is 4. The molecule has 0 saturated carbocycles. The lowest BCUT2D eigenvalue weighted by atomic mass is 9.98. The number of hydrogen-bond acceptors (Lipinski definition) is 1. The summed E-state index contributed by atoms with van der Waals surface area (Å²) in [6, 6.07) is 52.5. The number of benzene rings is 6. The second kappa shape index (κ2) is 9.62. The molecule has 0 aliphatic rings. The van der Waals surface area contributed by atoms with E-state index in [0.29, 0.717) is 0 Å². The van der Waals surface area contributed by atoms with Crippen molar-refractivity contribution < 1.29 is 0 Å². The van der Waals surface area contributed by atoms with Gasteiger partial charge in [0.05, 0.1) is 11.0 Å². The summed E-state index contributed by atoms with van der Waals surface area (Å²) in [5.41, 5.74) is 10.6. The molecule has 0 fully saturated rings. The van der Waals surface area contributed by atoms with Gasteiger partial charge in [-0.3, -0.25) is 4.98 Å². The van der Waals surface area contributed by atoms with E-state index < -0.39 is 0 Å². The molecule has 0 bridgehead atoms. The fourth-order valence-corrected chi connectivity index (χ4v) is 6.09. The van der Waals surface area contributed by atoms with Gasteiger partial charge in [0.25, 0.3) is 0 Å². The van der Waals surface area contributed by atoms with E-state index in [1.807, 2.05) is 18.5 Å². The van der Waals surface area contributed by atoms with E-state index in [9.17, 15) is 0 Å². The highest BCUT2D eigenvalue weighted by molar-refractivity contribution is 6.19. The Labute approximate surface area is 238 Å².